The molecule has 1 fully saturated rings. The molecular formula is C16H19NO2. The Morgan fingerprint density at radius 2 is 2.16 bits per heavy atom. The van der Waals surface area contributed by atoms with Gasteiger partial charge in [0, 0.05) is 24.2 Å². The molecule has 1 N–H and O–H groups in total. The van der Waals surface area contributed by atoms with Crippen LogP contribution in [0.4, 0.5) is 0 Å². The van der Waals surface area contributed by atoms with Crippen LogP contribution in [0.1, 0.15) is 35.7 Å². The maximum atomic E-state index is 12.3. The van der Waals surface area contributed by atoms with Gasteiger partial charge >= 0.3 is 0 Å². The van der Waals surface area contributed by atoms with Gasteiger partial charge in [0.1, 0.15) is 6.61 Å². The van der Waals surface area contributed by atoms with Gasteiger partial charge in [-0.05, 0) is 43.0 Å². The fourth-order valence-electron chi connectivity index (χ4n) is 2.39. The SMILES string of the molecule is CC1CCCN(C(=O)c2ccc(C#CCO)cc2)C1. The van der Waals surface area contributed by atoms with E-state index in [2.05, 4.69) is 18.8 Å². The van der Waals surface area contributed by atoms with E-state index in [1.54, 1.807) is 0 Å². The molecule has 1 aromatic carbocycles. The summed E-state index contributed by atoms with van der Waals surface area (Å²) in [5.41, 5.74) is 1.53. The van der Waals surface area contributed by atoms with E-state index in [9.17, 15) is 4.79 Å². The monoisotopic (exact) mass is 257 g/mol. The molecule has 1 aliphatic heterocycles. The predicted molar refractivity (Wildman–Crippen MR) is 74.7 cm³/mol. The van der Waals surface area contributed by atoms with Crippen molar-refractivity contribution in [3.8, 4) is 11.8 Å². The number of nitrogens with zero attached hydrogens (tertiary/aromatic N) is 1. The molecule has 0 saturated carbocycles. The van der Waals surface area contributed by atoms with Crippen LogP contribution in [-0.4, -0.2) is 35.6 Å². The van der Waals surface area contributed by atoms with Gasteiger partial charge in [-0.15, -0.1) is 0 Å². The molecule has 1 saturated heterocycles. The maximum Gasteiger partial charge on any atom is 0.253 e. The quantitative estimate of drug-likeness (QED) is 0.781. The van der Waals surface area contributed by atoms with E-state index in [0.717, 1.165) is 25.1 Å². The first kappa shape index (κ1) is 13.6. The number of hydrogen-bond acceptors (Lipinski definition) is 2. The van der Waals surface area contributed by atoms with Crippen LogP contribution in [0.3, 0.4) is 0 Å². The molecule has 1 aromatic rings. The Morgan fingerprint density at radius 3 is 2.79 bits per heavy atom. The lowest BCUT2D eigenvalue weighted by Gasteiger charge is -2.31. The Hall–Kier alpha value is -1.79. The Labute approximate surface area is 114 Å². The second kappa shape index (κ2) is 6.40. The van der Waals surface area contributed by atoms with E-state index in [-0.39, 0.29) is 12.5 Å². The summed E-state index contributed by atoms with van der Waals surface area (Å²) < 4.78 is 0. The van der Waals surface area contributed by atoms with E-state index in [4.69, 9.17) is 5.11 Å². The van der Waals surface area contributed by atoms with Gasteiger partial charge in [0.15, 0.2) is 0 Å². The number of aliphatic hydroxyl groups excluding tert-OH is 1. The average Bonchev–Trinajstić information content (AvgIpc) is 2.45. The van der Waals surface area contributed by atoms with E-state index in [1.165, 1.54) is 6.42 Å². The summed E-state index contributed by atoms with van der Waals surface area (Å²) in [6.45, 7) is 3.75. The van der Waals surface area contributed by atoms with Crippen molar-refractivity contribution in [2.75, 3.05) is 19.7 Å². The first-order chi connectivity index (χ1) is 9.20. The summed E-state index contributed by atoms with van der Waals surface area (Å²) in [6.07, 6.45) is 2.30. The van der Waals surface area contributed by atoms with Crippen molar-refractivity contribution in [1.29, 1.82) is 0 Å². The highest BCUT2D eigenvalue weighted by molar-refractivity contribution is 5.94. The van der Waals surface area contributed by atoms with Crippen molar-refractivity contribution in [3.05, 3.63) is 35.4 Å². The molecule has 0 aromatic heterocycles. The Kier molecular flexibility index (Phi) is 4.59. The van der Waals surface area contributed by atoms with Gasteiger partial charge in [-0.1, -0.05) is 18.8 Å². The summed E-state index contributed by atoms with van der Waals surface area (Å²) in [4.78, 5) is 14.3. The molecule has 0 radical (unpaired) electrons. The van der Waals surface area contributed by atoms with Gasteiger partial charge in [-0.2, -0.15) is 0 Å². The number of piperidine rings is 1. The fraction of sp³-hybridized carbons (Fsp3) is 0.438. The number of rotatable bonds is 1. The summed E-state index contributed by atoms with van der Waals surface area (Å²) in [5.74, 6) is 6.11. The third kappa shape index (κ3) is 3.59. The molecule has 0 spiro atoms. The molecule has 1 heterocycles. The maximum absolute atomic E-state index is 12.3. The van der Waals surface area contributed by atoms with Crippen molar-refractivity contribution in [1.82, 2.24) is 4.90 Å². The van der Waals surface area contributed by atoms with Crippen molar-refractivity contribution in [3.63, 3.8) is 0 Å². The van der Waals surface area contributed by atoms with Gasteiger partial charge in [0.2, 0.25) is 0 Å². The van der Waals surface area contributed by atoms with E-state index in [1.807, 2.05) is 29.2 Å². The van der Waals surface area contributed by atoms with E-state index >= 15 is 0 Å². The summed E-state index contributed by atoms with van der Waals surface area (Å²) in [7, 11) is 0. The van der Waals surface area contributed by atoms with Crippen LogP contribution in [0, 0.1) is 17.8 Å². The molecule has 1 aliphatic rings. The molecule has 3 heteroatoms. The highest BCUT2D eigenvalue weighted by atomic mass is 16.2. The van der Waals surface area contributed by atoms with Crippen molar-refractivity contribution >= 4 is 5.91 Å². The van der Waals surface area contributed by atoms with Crippen LogP contribution in [-0.2, 0) is 0 Å². The predicted octanol–water partition coefficient (Wildman–Crippen LogP) is 1.90. The van der Waals surface area contributed by atoms with Gasteiger partial charge in [0.25, 0.3) is 5.91 Å². The molecule has 100 valence electrons. The normalized spacial score (nSPS) is 18.6. The number of carbonyl (C=O) groups is 1. The fourth-order valence-corrected chi connectivity index (χ4v) is 2.39. The highest BCUT2D eigenvalue weighted by Crippen LogP contribution is 2.18. The second-order valence-electron chi connectivity index (χ2n) is 5.04. The lowest BCUT2D eigenvalue weighted by atomic mass is 9.99. The van der Waals surface area contributed by atoms with Crippen LogP contribution < -0.4 is 0 Å². The number of carbonyl (C=O) groups excluding carboxylic acids is 1. The molecule has 0 bridgehead atoms. The zero-order valence-electron chi connectivity index (χ0n) is 11.2. The zero-order valence-corrected chi connectivity index (χ0v) is 11.2. The molecular weight excluding hydrogens is 238 g/mol. The van der Waals surface area contributed by atoms with Crippen molar-refractivity contribution in [2.45, 2.75) is 19.8 Å². The van der Waals surface area contributed by atoms with Gasteiger partial charge in [0.05, 0.1) is 0 Å². The lowest BCUT2D eigenvalue weighted by molar-refractivity contribution is 0.0683. The van der Waals surface area contributed by atoms with Crippen molar-refractivity contribution < 1.29 is 9.90 Å². The molecule has 0 aliphatic carbocycles. The number of hydrogen-bond donors (Lipinski definition) is 1. The first-order valence-corrected chi connectivity index (χ1v) is 6.70. The number of likely N-dealkylation sites (tertiary alicyclic amines) is 1. The van der Waals surface area contributed by atoms with E-state index < -0.39 is 0 Å². The Balaban J connectivity index is 2.07. The van der Waals surface area contributed by atoms with Crippen LogP contribution in [0.5, 0.6) is 0 Å². The zero-order chi connectivity index (χ0) is 13.7. The van der Waals surface area contributed by atoms with Gasteiger partial charge < -0.3 is 10.0 Å². The Bertz CT molecular complexity index is 496. The van der Waals surface area contributed by atoms with Crippen LogP contribution in [0.15, 0.2) is 24.3 Å². The minimum Gasteiger partial charge on any atom is -0.384 e. The summed E-state index contributed by atoms with van der Waals surface area (Å²) in [5, 5.41) is 8.63. The topological polar surface area (TPSA) is 40.5 Å². The molecule has 2 rings (SSSR count). The van der Waals surface area contributed by atoms with Crippen LogP contribution in [0.25, 0.3) is 0 Å². The molecule has 1 unspecified atom stereocenters. The third-order valence-electron chi connectivity index (χ3n) is 3.39. The van der Waals surface area contributed by atoms with Gasteiger partial charge in [-0.25, -0.2) is 0 Å². The first-order valence-electron chi connectivity index (χ1n) is 6.70. The number of amides is 1. The average molecular weight is 257 g/mol. The standard InChI is InChI=1S/C16H19NO2/c1-13-4-2-10-17(12-13)16(19)15-8-6-14(7-9-15)5-3-11-18/h6-9,13,18H,2,4,10-12H2,1H3. The van der Waals surface area contributed by atoms with Crippen LogP contribution in [0.2, 0.25) is 0 Å². The largest absolute Gasteiger partial charge is 0.384 e. The lowest BCUT2D eigenvalue weighted by Crippen LogP contribution is -2.39. The molecule has 1 amide bonds. The minimum atomic E-state index is -0.146. The van der Waals surface area contributed by atoms with Gasteiger partial charge in [-0.3, -0.25) is 4.79 Å². The summed E-state index contributed by atoms with van der Waals surface area (Å²) >= 11 is 0. The molecule has 1 atom stereocenters. The number of benzene rings is 1. The smallest absolute Gasteiger partial charge is 0.253 e. The van der Waals surface area contributed by atoms with E-state index in [0.29, 0.717) is 11.5 Å². The Morgan fingerprint density at radius 1 is 1.42 bits per heavy atom. The minimum absolute atomic E-state index is 0.105. The van der Waals surface area contributed by atoms with Crippen molar-refractivity contribution in [2.24, 2.45) is 5.92 Å². The highest BCUT2D eigenvalue weighted by Gasteiger charge is 2.21. The third-order valence-corrected chi connectivity index (χ3v) is 3.39. The second-order valence-corrected chi connectivity index (χ2v) is 5.04. The number of aliphatic hydroxyl groups is 1. The summed E-state index contributed by atoms with van der Waals surface area (Å²) in [6, 6.07) is 7.26. The molecule has 19 heavy (non-hydrogen) atoms. The molecule has 3 nitrogen and oxygen atoms in total. The van der Waals surface area contributed by atoms with Crippen LogP contribution >= 0.6 is 0 Å².